The summed E-state index contributed by atoms with van der Waals surface area (Å²) in [4.78, 5) is 2.86. The first-order valence-electron chi connectivity index (χ1n) is 9.11. The average Bonchev–Trinajstić information content (AvgIpc) is 3.33. The molecule has 2 N–H and O–H groups in total. The quantitative estimate of drug-likeness (QED) is 0.824. The largest absolute Gasteiger partial charge is 0.360 e. The predicted molar refractivity (Wildman–Crippen MR) is 99.8 cm³/mol. The number of para-hydroxylation sites is 1. The van der Waals surface area contributed by atoms with E-state index < -0.39 is 0 Å². The molecule has 23 heavy (non-hydrogen) atoms. The van der Waals surface area contributed by atoms with Gasteiger partial charge in [0.1, 0.15) is 0 Å². The fourth-order valence-corrected chi connectivity index (χ4v) is 4.84. The van der Waals surface area contributed by atoms with Crippen LogP contribution in [0.5, 0.6) is 0 Å². The summed E-state index contributed by atoms with van der Waals surface area (Å²) in [6.07, 6.45) is 9.53. The van der Waals surface area contributed by atoms with Crippen LogP contribution in [0.2, 0.25) is 0 Å². The average molecular weight is 330 g/mol. The molecule has 0 aromatic heterocycles. The maximum Gasteiger partial charge on any atom is 0.171 e. The van der Waals surface area contributed by atoms with Gasteiger partial charge >= 0.3 is 0 Å². The number of thiocarbonyl (C=S) groups is 1. The van der Waals surface area contributed by atoms with Crippen LogP contribution in [-0.2, 0) is 0 Å². The number of piperidine rings is 2. The monoisotopic (exact) mass is 329 g/mol. The van der Waals surface area contributed by atoms with Gasteiger partial charge in [-0.1, -0.05) is 24.6 Å². The minimum absolute atomic E-state index is 0.532. The Kier molecular flexibility index (Phi) is 4.29. The van der Waals surface area contributed by atoms with Crippen LogP contribution in [0.3, 0.4) is 0 Å². The van der Waals surface area contributed by atoms with Gasteiger partial charge < -0.3 is 10.6 Å². The minimum atomic E-state index is 0.532. The van der Waals surface area contributed by atoms with Crippen molar-refractivity contribution in [3.8, 4) is 0 Å². The van der Waals surface area contributed by atoms with Crippen LogP contribution >= 0.6 is 12.2 Å². The van der Waals surface area contributed by atoms with Crippen LogP contribution in [0.1, 0.15) is 50.5 Å². The fraction of sp³-hybridized carbons (Fsp3) is 0.632. The Bertz CT molecular complexity index is 570. The number of aryl methyl sites for hydroxylation is 1. The van der Waals surface area contributed by atoms with Crippen molar-refractivity contribution in [3.05, 3.63) is 29.8 Å². The number of anilines is 1. The number of hydrogen-bond donors (Lipinski definition) is 2. The molecule has 0 amide bonds. The summed E-state index contributed by atoms with van der Waals surface area (Å²) in [7, 11) is 0. The molecule has 124 valence electrons. The molecule has 2 unspecified atom stereocenters. The van der Waals surface area contributed by atoms with Gasteiger partial charge in [-0.15, -0.1) is 0 Å². The van der Waals surface area contributed by atoms with Crippen molar-refractivity contribution in [3.63, 3.8) is 0 Å². The van der Waals surface area contributed by atoms with Gasteiger partial charge in [0.2, 0.25) is 0 Å². The van der Waals surface area contributed by atoms with Crippen LogP contribution in [0.15, 0.2) is 24.3 Å². The Labute approximate surface area is 144 Å². The molecule has 0 radical (unpaired) electrons. The maximum absolute atomic E-state index is 5.57. The number of hydrogen-bond acceptors (Lipinski definition) is 2. The third kappa shape index (κ3) is 3.38. The number of benzene rings is 1. The number of fused-ring (bicyclic) bond motifs is 2. The molecule has 3 fully saturated rings. The van der Waals surface area contributed by atoms with Crippen molar-refractivity contribution < 1.29 is 0 Å². The van der Waals surface area contributed by atoms with Gasteiger partial charge in [0.15, 0.2) is 5.11 Å². The smallest absolute Gasteiger partial charge is 0.171 e. The molecule has 3 nitrogen and oxygen atoms in total. The van der Waals surface area contributed by atoms with E-state index in [0.29, 0.717) is 6.04 Å². The van der Waals surface area contributed by atoms with Gasteiger partial charge in [-0.25, -0.2) is 0 Å². The van der Waals surface area contributed by atoms with Crippen molar-refractivity contribution in [2.75, 3.05) is 5.32 Å². The van der Waals surface area contributed by atoms with E-state index in [9.17, 15) is 0 Å². The van der Waals surface area contributed by atoms with Crippen LogP contribution in [-0.4, -0.2) is 34.2 Å². The van der Waals surface area contributed by atoms with Crippen molar-refractivity contribution >= 4 is 23.0 Å². The molecule has 4 heteroatoms. The standard InChI is InChI=1S/C19H27N3S/c1-13-5-2-3-8-18(13)21-19(23)20-14-11-16-6-4-7-17(12-14)22(16)15-9-10-15/h2-3,5,8,14-17H,4,6-7,9-12H2,1H3,(H2,20,21,23). The van der Waals surface area contributed by atoms with Crippen LogP contribution in [0, 0.1) is 6.92 Å². The van der Waals surface area contributed by atoms with Crippen molar-refractivity contribution in [2.24, 2.45) is 0 Å². The lowest BCUT2D eigenvalue weighted by Crippen LogP contribution is -2.57. The Morgan fingerprint density at radius 1 is 1.04 bits per heavy atom. The highest BCUT2D eigenvalue weighted by molar-refractivity contribution is 7.80. The van der Waals surface area contributed by atoms with E-state index in [1.54, 1.807) is 0 Å². The summed E-state index contributed by atoms with van der Waals surface area (Å²) in [6, 6.07) is 11.3. The molecular formula is C19H27N3S. The number of rotatable bonds is 3. The van der Waals surface area contributed by atoms with Crippen molar-refractivity contribution in [1.29, 1.82) is 0 Å². The zero-order chi connectivity index (χ0) is 15.8. The SMILES string of the molecule is Cc1ccccc1NC(=S)NC1CC2CCCC(C1)N2C1CC1. The first kappa shape index (κ1) is 15.4. The highest BCUT2D eigenvalue weighted by Gasteiger charge is 2.44. The van der Waals surface area contributed by atoms with E-state index in [1.807, 2.05) is 0 Å². The zero-order valence-electron chi connectivity index (χ0n) is 13.9. The van der Waals surface area contributed by atoms with E-state index >= 15 is 0 Å². The van der Waals surface area contributed by atoms with Gasteiger partial charge in [-0.2, -0.15) is 0 Å². The van der Waals surface area contributed by atoms with Crippen LogP contribution in [0.4, 0.5) is 5.69 Å². The van der Waals surface area contributed by atoms with Gasteiger partial charge in [0.05, 0.1) is 0 Å². The van der Waals surface area contributed by atoms with E-state index in [1.165, 1.54) is 50.5 Å². The molecule has 1 aromatic rings. The second-order valence-electron chi connectivity index (χ2n) is 7.50. The normalized spacial score (nSPS) is 30.7. The number of nitrogens with one attached hydrogen (secondary N) is 2. The van der Waals surface area contributed by atoms with Crippen LogP contribution in [0.25, 0.3) is 0 Å². The van der Waals surface area contributed by atoms with E-state index in [4.69, 9.17) is 12.2 Å². The second kappa shape index (κ2) is 6.40. The minimum Gasteiger partial charge on any atom is -0.360 e. The molecular weight excluding hydrogens is 302 g/mol. The summed E-state index contributed by atoms with van der Waals surface area (Å²) in [6.45, 7) is 2.11. The first-order chi connectivity index (χ1) is 11.2. The van der Waals surface area contributed by atoms with Gasteiger partial charge in [-0.05, 0) is 69.3 Å². The summed E-state index contributed by atoms with van der Waals surface area (Å²) in [5.41, 5.74) is 2.35. The molecule has 2 saturated heterocycles. The molecule has 4 rings (SSSR count). The third-order valence-electron chi connectivity index (χ3n) is 5.73. The molecule has 3 aliphatic rings. The topological polar surface area (TPSA) is 27.3 Å². The molecule has 1 saturated carbocycles. The zero-order valence-corrected chi connectivity index (χ0v) is 14.7. The lowest BCUT2D eigenvalue weighted by atomic mass is 9.81. The van der Waals surface area contributed by atoms with Crippen LogP contribution < -0.4 is 10.6 Å². The van der Waals surface area contributed by atoms with Gasteiger partial charge in [0, 0.05) is 29.9 Å². The molecule has 2 atom stereocenters. The summed E-state index contributed by atoms with van der Waals surface area (Å²) in [5, 5.41) is 7.75. The van der Waals surface area contributed by atoms with E-state index in [2.05, 4.69) is 46.7 Å². The van der Waals surface area contributed by atoms with E-state index in [0.717, 1.165) is 28.9 Å². The lowest BCUT2D eigenvalue weighted by molar-refractivity contribution is 0.0209. The molecule has 2 heterocycles. The molecule has 2 aliphatic heterocycles. The molecule has 0 spiro atoms. The maximum atomic E-state index is 5.57. The van der Waals surface area contributed by atoms with E-state index in [-0.39, 0.29) is 0 Å². The van der Waals surface area contributed by atoms with Crippen molar-refractivity contribution in [2.45, 2.75) is 76.0 Å². The first-order valence-corrected chi connectivity index (χ1v) is 9.52. The predicted octanol–water partition coefficient (Wildman–Crippen LogP) is 3.83. The molecule has 1 aliphatic carbocycles. The number of nitrogens with zero attached hydrogens (tertiary/aromatic N) is 1. The van der Waals surface area contributed by atoms with Gasteiger partial charge in [0.25, 0.3) is 0 Å². The Balaban J connectivity index is 1.36. The molecule has 1 aromatic carbocycles. The van der Waals surface area contributed by atoms with Crippen molar-refractivity contribution in [1.82, 2.24) is 10.2 Å². The molecule has 2 bridgehead atoms. The summed E-state index contributed by atoms with van der Waals surface area (Å²) < 4.78 is 0. The third-order valence-corrected chi connectivity index (χ3v) is 5.95. The Morgan fingerprint density at radius 3 is 2.39 bits per heavy atom. The fourth-order valence-electron chi connectivity index (χ4n) is 4.56. The van der Waals surface area contributed by atoms with Gasteiger partial charge in [-0.3, -0.25) is 4.90 Å². The Hall–Kier alpha value is -1.13. The second-order valence-corrected chi connectivity index (χ2v) is 7.91. The Morgan fingerprint density at radius 2 is 1.74 bits per heavy atom. The summed E-state index contributed by atoms with van der Waals surface area (Å²) >= 11 is 5.57. The lowest BCUT2D eigenvalue weighted by Gasteiger charge is -2.49. The highest BCUT2D eigenvalue weighted by Crippen LogP contribution is 2.41. The summed E-state index contributed by atoms with van der Waals surface area (Å²) in [5.74, 6) is 0. The highest BCUT2D eigenvalue weighted by atomic mass is 32.1.